The number of urea groups is 1. The van der Waals surface area contributed by atoms with Crippen molar-refractivity contribution in [2.75, 3.05) is 13.1 Å². The molecule has 22 heteroatoms. The first-order valence-electron chi connectivity index (χ1n) is 22.2. The minimum atomic E-state index is -1.44. The molecule has 2 fully saturated rings. The standard InChI is InChI=1S/C45H57N13O9/c1-25-39(61)54-35(20-28-23-48-24-51-28)43(65)55-33(18-26-10-3-2-4-11-26)41(63)53-32(15-9-16-46)40(62)56-34(19-27-22-50-30-13-6-5-12-29(27)30)42(64)52-31(38(47)60)14-7-8-17-49-37(59)21-36-44(66)58(25)45(67)57-36/h2-6,10-13,22-25,31-36,50H,7-9,14-21,46H2,1H3,(H2,47,60)(H,48,51)(H,49,59)(H,52,64)(H,53,63)(H,54,61)(H,55,65)(H,56,62)(H,57,67)/t25-,31+,32+,33-,34+,35+,36+/m1/s1. The lowest BCUT2D eigenvalue weighted by Crippen LogP contribution is -2.60. The highest BCUT2D eigenvalue weighted by molar-refractivity contribution is 6.09. The van der Waals surface area contributed by atoms with Gasteiger partial charge in [0.25, 0.3) is 5.91 Å². The van der Waals surface area contributed by atoms with Gasteiger partial charge in [-0.05, 0) is 62.8 Å². The average Bonchev–Trinajstić information content (AvgIpc) is 4.05. The second kappa shape index (κ2) is 23.0. The molecule has 7 atom stereocenters. The highest BCUT2D eigenvalue weighted by Gasteiger charge is 2.44. The van der Waals surface area contributed by atoms with Crippen molar-refractivity contribution in [3.63, 3.8) is 0 Å². The van der Waals surface area contributed by atoms with Gasteiger partial charge in [-0.3, -0.25) is 43.3 Å². The van der Waals surface area contributed by atoms with Crippen LogP contribution in [-0.4, -0.2) is 129 Å². The first kappa shape index (κ1) is 48.8. The van der Waals surface area contributed by atoms with Crippen LogP contribution >= 0.6 is 0 Å². The van der Waals surface area contributed by atoms with Crippen LogP contribution in [0.15, 0.2) is 73.3 Å². The number of aromatic amines is 2. The maximum atomic E-state index is 14.4. The zero-order valence-corrected chi connectivity index (χ0v) is 37.0. The summed E-state index contributed by atoms with van der Waals surface area (Å²) in [6.45, 7) is 1.54. The molecule has 0 unspecified atom stereocenters. The molecule has 2 aliphatic rings. The molecule has 356 valence electrons. The van der Waals surface area contributed by atoms with Crippen molar-refractivity contribution in [2.45, 2.75) is 107 Å². The van der Waals surface area contributed by atoms with E-state index in [1.54, 1.807) is 36.5 Å². The molecule has 2 aromatic carbocycles. The van der Waals surface area contributed by atoms with E-state index in [4.69, 9.17) is 11.5 Å². The van der Waals surface area contributed by atoms with Gasteiger partial charge in [0.2, 0.25) is 41.4 Å². The van der Waals surface area contributed by atoms with Gasteiger partial charge < -0.3 is 58.7 Å². The molecule has 67 heavy (non-hydrogen) atoms. The summed E-state index contributed by atoms with van der Waals surface area (Å²) in [6.07, 6.45) is 4.81. The van der Waals surface area contributed by atoms with Gasteiger partial charge in [-0.15, -0.1) is 0 Å². The Morgan fingerprint density at radius 3 is 2.07 bits per heavy atom. The number of hydrogen-bond donors (Lipinski definition) is 11. The third kappa shape index (κ3) is 13.0. The number of rotatable bonds is 10. The lowest BCUT2D eigenvalue weighted by molar-refractivity contribution is -0.138. The van der Waals surface area contributed by atoms with E-state index in [0.717, 1.165) is 10.9 Å². The molecule has 2 aromatic heterocycles. The lowest BCUT2D eigenvalue weighted by atomic mass is 10.0. The van der Waals surface area contributed by atoms with Crippen molar-refractivity contribution in [2.24, 2.45) is 11.5 Å². The number of H-pyrrole nitrogens is 2. The van der Waals surface area contributed by atoms with Gasteiger partial charge in [0.05, 0.1) is 12.7 Å². The second-order valence-corrected chi connectivity index (χ2v) is 16.6. The fraction of sp³-hybridized carbons (Fsp3) is 0.422. The predicted octanol–water partition coefficient (Wildman–Crippen LogP) is -1.43. The largest absolute Gasteiger partial charge is 0.368 e. The van der Waals surface area contributed by atoms with E-state index >= 15 is 0 Å². The Bertz CT molecular complexity index is 2430. The molecular formula is C45H57N13O9. The number of primary amides is 1. The Morgan fingerprint density at radius 2 is 1.37 bits per heavy atom. The van der Waals surface area contributed by atoms with Gasteiger partial charge in [-0.1, -0.05) is 48.5 Å². The van der Waals surface area contributed by atoms with Crippen molar-refractivity contribution >= 4 is 64.2 Å². The fourth-order valence-corrected chi connectivity index (χ4v) is 8.00. The molecule has 6 rings (SSSR count). The number of para-hydroxylation sites is 1. The predicted molar refractivity (Wildman–Crippen MR) is 242 cm³/mol. The van der Waals surface area contributed by atoms with Crippen LogP contribution in [0.4, 0.5) is 4.79 Å². The number of carbonyl (C=O) groups excluding carboxylic acids is 9. The van der Waals surface area contributed by atoms with Gasteiger partial charge >= 0.3 is 6.03 Å². The molecule has 0 aliphatic carbocycles. The van der Waals surface area contributed by atoms with Crippen LogP contribution in [0.2, 0.25) is 0 Å². The van der Waals surface area contributed by atoms with Crippen LogP contribution in [0.3, 0.4) is 0 Å². The van der Waals surface area contributed by atoms with Crippen molar-refractivity contribution in [1.29, 1.82) is 0 Å². The number of fused-ring (bicyclic) bond motifs is 3. The van der Waals surface area contributed by atoms with E-state index in [9.17, 15) is 43.2 Å². The van der Waals surface area contributed by atoms with Crippen LogP contribution in [0.25, 0.3) is 10.9 Å². The van der Waals surface area contributed by atoms with E-state index in [2.05, 4.69) is 52.2 Å². The normalized spacial score (nSPS) is 24.4. The summed E-state index contributed by atoms with van der Waals surface area (Å²) in [5.41, 5.74) is 14.1. The van der Waals surface area contributed by atoms with Crippen LogP contribution in [0.5, 0.6) is 0 Å². The van der Waals surface area contributed by atoms with E-state index in [1.807, 2.05) is 24.3 Å². The number of benzene rings is 2. The van der Waals surface area contributed by atoms with Crippen LogP contribution in [0.1, 0.15) is 62.3 Å². The molecular weight excluding hydrogens is 867 g/mol. The maximum Gasteiger partial charge on any atom is 0.325 e. The minimum Gasteiger partial charge on any atom is -0.368 e. The first-order chi connectivity index (χ1) is 32.2. The van der Waals surface area contributed by atoms with E-state index in [-0.39, 0.29) is 51.6 Å². The number of nitrogens with two attached hydrogens (primary N) is 2. The summed E-state index contributed by atoms with van der Waals surface area (Å²) in [5.74, 6) is -6.24. The summed E-state index contributed by atoms with van der Waals surface area (Å²) in [7, 11) is 0. The Morgan fingerprint density at radius 1 is 0.731 bits per heavy atom. The summed E-state index contributed by atoms with van der Waals surface area (Å²) in [5, 5.41) is 19.5. The lowest BCUT2D eigenvalue weighted by Gasteiger charge is -2.28. The van der Waals surface area contributed by atoms with Gasteiger partial charge in [0.15, 0.2) is 0 Å². The Labute approximate surface area is 385 Å². The molecule has 4 aromatic rings. The monoisotopic (exact) mass is 923 g/mol. The molecule has 0 saturated carbocycles. The smallest absolute Gasteiger partial charge is 0.325 e. The third-order valence-electron chi connectivity index (χ3n) is 11.7. The quantitative estimate of drug-likeness (QED) is 0.0819. The van der Waals surface area contributed by atoms with Gasteiger partial charge in [0, 0.05) is 54.8 Å². The van der Waals surface area contributed by atoms with Crippen LogP contribution in [0, 0.1) is 0 Å². The van der Waals surface area contributed by atoms with Crippen molar-refractivity contribution < 1.29 is 43.2 Å². The zero-order chi connectivity index (χ0) is 48.0. The van der Waals surface area contributed by atoms with Crippen molar-refractivity contribution in [3.05, 3.63) is 90.1 Å². The van der Waals surface area contributed by atoms with E-state index in [1.165, 1.54) is 19.4 Å². The topological polar surface area (TPSA) is 338 Å². The summed E-state index contributed by atoms with van der Waals surface area (Å²) < 4.78 is 0. The Kier molecular flexibility index (Phi) is 16.8. The minimum absolute atomic E-state index is 0.0298. The van der Waals surface area contributed by atoms with Crippen molar-refractivity contribution in [3.8, 4) is 0 Å². The summed E-state index contributed by atoms with van der Waals surface area (Å²) >= 11 is 0. The number of aromatic nitrogens is 3. The Balaban J connectivity index is 1.33. The molecule has 2 bridgehead atoms. The second-order valence-electron chi connectivity index (χ2n) is 16.6. The van der Waals surface area contributed by atoms with Crippen LogP contribution < -0.4 is 48.7 Å². The number of amides is 10. The molecule has 0 spiro atoms. The average molecular weight is 924 g/mol. The number of carbonyl (C=O) groups is 9. The number of imidazole rings is 1. The molecule has 4 heterocycles. The molecule has 13 N–H and O–H groups in total. The summed E-state index contributed by atoms with van der Waals surface area (Å²) in [6, 6.07) is 5.96. The summed E-state index contributed by atoms with van der Waals surface area (Å²) in [4.78, 5) is 134. The molecule has 2 aliphatic heterocycles. The SMILES string of the molecule is C[C@@H]1C(=O)N[C@@H](Cc2cnc[nH]2)C(=O)N[C@H](Cc2ccccc2)C(=O)N[C@@H](CCCN)C(=O)N[C@@H](Cc2c[nH]c3ccccc23)C(=O)N[C@H](C(N)=O)CCCCNC(=O)C[C@@H]2NC(=O)N1C2=O. The maximum absolute atomic E-state index is 14.4. The number of nitrogens with zero attached hydrogens (tertiary/aromatic N) is 2. The molecule has 2 saturated heterocycles. The first-order valence-corrected chi connectivity index (χ1v) is 22.2. The molecule has 10 amide bonds. The fourth-order valence-electron chi connectivity index (χ4n) is 8.00. The third-order valence-corrected chi connectivity index (χ3v) is 11.7. The van der Waals surface area contributed by atoms with Crippen LogP contribution in [-0.2, 0) is 57.6 Å². The number of nitrogens with one attached hydrogen (secondary N) is 9. The van der Waals surface area contributed by atoms with Gasteiger partial charge in [0.1, 0.15) is 42.3 Å². The highest BCUT2D eigenvalue weighted by Crippen LogP contribution is 2.20. The zero-order valence-electron chi connectivity index (χ0n) is 37.0. The van der Waals surface area contributed by atoms with Gasteiger partial charge in [-0.2, -0.15) is 0 Å². The highest BCUT2D eigenvalue weighted by atomic mass is 16.2. The number of imide groups is 1. The van der Waals surface area contributed by atoms with E-state index in [0.29, 0.717) is 34.6 Å². The molecule has 0 radical (unpaired) electrons. The number of hydrogen-bond acceptors (Lipinski definition) is 11. The Hall–Kier alpha value is -7.62. The van der Waals surface area contributed by atoms with Crippen molar-refractivity contribution in [1.82, 2.24) is 57.1 Å². The van der Waals surface area contributed by atoms with E-state index < -0.39 is 102 Å². The van der Waals surface area contributed by atoms with Gasteiger partial charge in [-0.25, -0.2) is 9.78 Å². The molecule has 22 nitrogen and oxygen atoms in total.